The van der Waals surface area contributed by atoms with Gasteiger partial charge in [0.1, 0.15) is 11.5 Å². The molecule has 0 bridgehead atoms. The molecule has 5 rings (SSSR count). The number of imidazole rings is 1. The summed E-state index contributed by atoms with van der Waals surface area (Å²) in [5.41, 5.74) is 0.116. The number of carboxylic acid groups (broad SMARTS) is 1. The molecule has 1 aromatic rings. The van der Waals surface area contributed by atoms with Gasteiger partial charge in [-0.25, -0.2) is 14.5 Å². The van der Waals surface area contributed by atoms with Gasteiger partial charge < -0.3 is 25.4 Å². The molecule has 6 atom stereocenters. The van der Waals surface area contributed by atoms with Crippen molar-refractivity contribution in [3.05, 3.63) is 28.8 Å². The molecular weight excluding hydrogens is 406 g/mol. The summed E-state index contributed by atoms with van der Waals surface area (Å²) in [5.74, 6) is -0.832. The maximum Gasteiger partial charge on any atom is 0.353 e. The van der Waals surface area contributed by atoms with E-state index in [1.165, 1.54) is 4.90 Å². The Balaban J connectivity index is 1.27. The van der Waals surface area contributed by atoms with Crippen LogP contribution in [0.3, 0.4) is 0 Å². The Kier molecular flexibility index (Phi) is 4.83. The number of carbonyl (C=O) groups excluding carboxylic acids is 1. The lowest BCUT2D eigenvalue weighted by Crippen LogP contribution is -2.63. The van der Waals surface area contributed by atoms with E-state index in [1.54, 1.807) is 18.7 Å². The zero-order valence-corrected chi connectivity index (χ0v) is 17.9. The van der Waals surface area contributed by atoms with Gasteiger partial charge in [-0.2, -0.15) is 0 Å². The third-order valence-corrected chi connectivity index (χ3v) is 8.32. The van der Waals surface area contributed by atoms with Gasteiger partial charge in [-0.1, -0.05) is 6.92 Å². The van der Waals surface area contributed by atoms with E-state index in [9.17, 15) is 19.8 Å². The number of nitrogens with one attached hydrogen (secondary N) is 1. The van der Waals surface area contributed by atoms with Gasteiger partial charge in [0, 0.05) is 60.6 Å². The summed E-state index contributed by atoms with van der Waals surface area (Å²) in [6, 6.07) is 0.0748. The summed E-state index contributed by atoms with van der Waals surface area (Å²) in [6.07, 6.45) is 4.95. The van der Waals surface area contributed by atoms with Gasteiger partial charge in [0.25, 0.3) is 0 Å². The predicted octanol–water partition coefficient (Wildman–Crippen LogP) is -0.00540. The van der Waals surface area contributed by atoms with E-state index in [0.29, 0.717) is 6.04 Å². The number of thioether (sulfide) groups is 1. The second-order valence-corrected chi connectivity index (χ2v) is 10.0. The quantitative estimate of drug-likeness (QED) is 0.538. The molecule has 30 heavy (non-hydrogen) atoms. The Morgan fingerprint density at radius 3 is 3.00 bits per heavy atom. The minimum Gasteiger partial charge on any atom is -0.477 e. The van der Waals surface area contributed by atoms with Crippen LogP contribution in [0, 0.1) is 11.8 Å². The first-order valence-electron chi connectivity index (χ1n) is 10.5. The fraction of sp³-hybridized carbons (Fsp3) is 0.650. The van der Waals surface area contributed by atoms with Crippen LogP contribution >= 0.6 is 11.8 Å². The van der Waals surface area contributed by atoms with Crippen molar-refractivity contribution in [3.63, 3.8) is 0 Å². The molecule has 0 unspecified atom stereocenters. The van der Waals surface area contributed by atoms with Crippen LogP contribution < -0.4 is 10.3 Å². The number of aromatic nitrogens is 2. The summed E-state index contributed by atoms with van der Waals surface area (Å²) < 4.78 is 2.12. The van der Waals surface area contributed by atoms with Gasteiger partial charge in [0.15, 0.2) is 0 Å². The smallest absolute Gasteiger partial charge is 0.353 e. The molecule has 0 aromatic carbocycles. The molecule has 0 saturated carbocycles. The largest absolute Gasteiger partial charge is 0.477 e. The number of carbonyl (C=O) groups is 2. The summed E-state index contributed by atoms with van der Waals surface area (Å²) in [4.78, 5) is 31.0. The van der Waals surface area contributed by atoms with E-state index in [1.807, 2.05) is 19.3 Å². The number of fused-ring (bicyclic) bond motifs is 2. The van der Waals surface area contributed by atoms with E-state index in [2.05, 4.69) is 20.0 Å². The molecular formula is C20H27N5O4S. The van der Waals surface area contributed by atoms with E-state index >= 15 is 0 Å². The molecule has 5 heterocycles. The van der Waals surface area contributed by atoms with E-state index in [-0.39, 0.29) is 28.8 Å². The maximum absolute atomic E-state index is 12.5. The van der Waals surface area contributed by atoms with E-state index in [0.717, 1.165) is 43.2 Å². The van der Waals surface area contributed by atoms with Crippen LogP contribution in [0.15, 0.2) is 23.0 Å². The first-order valence-corrected chi connectivity index (χ1v) is 11.4. The second kappa shape index (κ2) is 7.28. The third kappa shape index (κ3) is 2.96. The Morgan fingerprint density at radius 2 is 2.27 bits per heavy atom. The first-order chi connectivity index (χ1) is 14.4. The highest BCUT2D eigenvalue weighted by Crippen LogP contribution is 2.51. The van der Waals surface area contributed by atoms with Gasteiger partial charge in [-0.3, -0.25) is 4.79 Å². The number of rotatable bonds is 6. The molecule has 0 radical (unpaired) electrons. The summed E-state index contributed by atoms with van der Waals surface area (Å²) in [5, 5.41) is 25.9. The molecule has 4 aliphatic rings. The average molecular weight is 434 g/mol. The highest BCUT2D eigenvalue weighted by atomic mass is 32.2. The molecule has 3 N–H and O–H groups in total. The van der Waals surface area contributed by atoms with Crippen molar-refractivity contribution in [1.29, 1.82) is 0 Å². The normalized spacial score (nSPS) is 33.7. The number of aliphatic carboxylic acids is 1. The van der Waals surface area contributed by atoms with Crippen molar-refractivity contribution in [2.24, 2.45) is 11.8 Å². The van der Waals surface area contributed by atoms with Gasteiger partial charge in [-0.15, -0.1) is 11.8 Å². The standard InChI is InChI=1S/C20H27N5O4S/c1-10-16-15(11(2)26)19(27)25(16)17(20(28)29)18(10)30-13-7-12(22-8-13)9-23-5-3-14-21-4-6-24(14)23/h4,6,10-13,15-16,22,26H,3,5,7-9H2,1-2H3,(H,28,29)/t10-,11-,12+,13+,15-,16-/m1/s1. The highest BCUT2D eigenvalue weighted by molar-refractivity contribution is 8.03. The van der Waals surface area contributed by atoms with Crippen LogP contribution in [-0.2, 0) is 16.0 Å². The number of nitrogens with zero attached hydrogens (tertiary/aromatic N) is 4. The van der Waals surface area contributed by atoms with Gasteiger partial charge in [0.05, 0.1) is 18.1 Å². The fourth-order valence-corrected chi connectivity index (χ4v) is 6.92. The number of hydrogen-bond donors (Lipinski definition) is 3. The third-order valence-electron chi connectivity index (χ3n) is 6.81. The molecule has 4 aliphatic heterocycles. The van der Waals surface area contributed by atoms with Crippen LogP contribution in [0.1, 0.15) is 26.1 Å². The van der Waals surface area contributed by atoms with Crippen molar-refractivity contribution in [3.8, 4) is 0 Å². The lowest BCUT2D eigenvalue weighted by atomic mass is 9.79. The molecule has 2 saturated heterocycles. The number of aliphatic hydroxyl groups excluding tert-OH is 1. The number of hydrogen-bond acceptors (Lipinski definition) is 7. The van der Waals surface area contributed by atoms with Crippen LogP contribution in [0.4, 0.5) is 0 Å². The van der Waals surface area contributed by atoms with Gasteiger partial charge in [-0.05, 0) is 13.3 Å². The minimum atomic E-state index is -1.06. The predicted molar refractivity (Wildman–Crippen MR) is 111 cm³/mol. The SMILES string of the molecule is C[C@@H](O)[C@H]1C(=O)N2C(C(=O)O)=C(S[C@@H]3CN[C@H](CN4CCc5nccn54)C3)[C@H](C)[C@H]12. The topological polar surface area (TPSA) is 111 Å². The molecule has 162 valence electrons. The number of aliphatic hydroxyl groups is 1. The summed E-state index contributed by atoms with van der Waals surface area (Å²) in [7, 11) is 0. The molecule has 1 aromatic heterocycles. The zero-order chi connectivity index (χ0) is 21.2. The van der Waals surface area contributed by atoms with Crippen molar-refractivity contribution >= 4 is 23.6 Å². The minimum absolute atomic E-state index is 0.0791. The van der Waals surface area contributed by atoms with Crippen molar-refractivity contribution < 1.29 is 19.8 Å². The van der Waals surface area contributed by atoms with Crippen LogP contribution in [0.25, 0.3) is 0 Å². The van der Waals surface area contributed by atoms with Gasteiger partial charge in [0.2, 0.25) is 5.91 Å². The lowest BCUT2D eigenvalue weighted by molar-refractivity contribution is -0.163. The molecule has 10 heteroatoms. The zero-order valence-electron chi connectivity index (χ0n) is 17.1. The van der Waals surface area contributed by atoms with Crippen LogP contribution in [0.2, 0.25) is 0 Å². The molecule has 2 fully saturated rings. The monoisotopic (exact) mass is 433 g/mol. The number of β-lactam (4-membered cyclic amide) rings is 1. The Hall–Kier alpha value is -2.04. The Bertz CT molecular complexity index is 915. The Morgan fingerprint density at radius 1 is 1.47 bits per heavy atom. The van der Waals surface area contributed by atoms with Crippen LogP contribution in [0.5, 0.6) is 0 Å². The maximum atomic E-state index is 12.5. The number of amides is 1. The van der Waals surface area contributed by atoms with Crippen molar-refractivity contribution in [2.75, 3.05) is 24.6 Å². The molecule has 9 nitrogen and oxygen atoms in total. The summed E-state index contributed by atoms with van der Waals surface area (Å²) in [6.45, 7) is 6.24. The van der Waals surface area contributed by atoms with E-state index in [4.69, 9.17) is 0 Å². The van der Waals surface area contributed by atoms with Crippen LogP contribution in [-0.4, -0.2) is 79.7 Å². The second-order valence-electron chi connectivity index (χ2n) is 8.70. The molecule has 0 aliphatic carbocycles. The van der Waals surface area contributed by atoms with Crippen molar-refractivity contribution in [1.82, 2.24) is 19.9 Å². The molecule has 0 spiro atoms. The average Bonchev–Trinajstić information content (AvgIpc) is 3.42. The van der Waals surface area contributed by atoms with Crippen molar-refractivity contribution in [2.45, 2.75) is 50.1 Å². The van der Waals surface area contributed by atoms with E-state index < -0.39 is 18.0 Å². The molecule has 1 amide bonds. The fourth-order valence-electron chi connectivity index (χ4n) is 5.40. The summed E-state index contributed by atoms with van der Waals surface area (Å²) >= 11 is 1.59. The highest BCUT2D eigenvalue weighted by Gasteiger charge is 2.60. The number of carboxylic acids is 1. The first kappa shape index (κ1) is 19.9. The lowest BCUT2D eigenvalue weighted by Gasteiger charge is -2.46. The van der Waals surface area contributed by atoms with Gasteiger partial charge >= 0.3 is 5.97 Å². The Labute approximate surface area is 179 Å².